The molecule has 0 spiro atoms. The maximum atomic E-state index is 14.3. The number of fused-ring (bicyclic) bond motifs is 1. The molecule has 5 rings (SSSR count). The molecule has 0 amide bonds. The zero-order valence-corrected chi connectivity index (χ0v) is 31.1. The maximum Gasteiger partial charge on any atom is 0.422 e. The van der Waals surface area contributed by atoms with Crippen LogP contribution in [0.3, 0.4) is 0 Å². The molecule has 12 nitrogen and oxygen atoms in total. The summed E-state index contributed by atoms with van der Waals surface area (Å²) in [5.41, 5.74) is 1.86. The number of esters is 1. The van der Waals surface area contributed by atoms with Gasteiger partial charge in [0.05, 0.1) is 39.4 Å². The molecule has 18 heteroatoms. The third-order valence-electron chi connectivity index (χ3n) is 8.00. The molecule has 0 bridgehead atoms. The lowest BCUT2D eigenvalue weighted by Crippen LogP contribution is -2.21. The maximum absolute atomic E-state index is 14.3. The lowest BCUT2D eigenvalue weighted by Gasteiger charge is -2.16. The molecule has 0 radical (unpaired) electrons. The molecule has 53 heavy (non-hydrogen) atoms. The molecule has 0 aliphatic heterocycles. The summed E-state index contributed by atoms with van der Waals surface area (Å²) in [6.45, 7) is 1.35. The first-order valence-corrected chi connectivity index (χ1v) is 20.3. The molecule has 3 aromatic carbocycles. The Bertz CT molecular complexity index is 2330. The number of imidazole rings is 1. The van der Waals surface area contributed by atoms with Crippen LogP contribution in [0.4, 0.5) is 13.2 Å². The molecule has 282 valence electrons. The zero-order valence-electron chi connectivity index (χ0n) is 28.6. The number of benzene rings is 3. The Kier molecular flexibility index (Phi) is 12.1. The first-order chi connectivity index (χ1) is 25.0. The smallest absolute Gasteiger partial charge is 0.422 e. The largest absolute Gasteiger partial charge is 0.609 e. The number of aryl methyl sites for hydroxylation is 2. The van der Waals surface area contributed by atoms with Gasteiger partial charge in [0.1, 0.15) is 18.1 Å². The van der Waals surface area contributed by atoms with Gasteiger partial charge in [0, 0.05) is 29.4 Å². The predicted molar refractivity (Wildman–Crippen MR) is 188 cm³/mol. The first-order valence-electron chi connectivity index (χ1n) is 15.9. The monoisotopic (exact) mass is 793 g/mol. The van der Waals surface area contributed by atoms with Gasteiger partial charge in [-0.3, -0.25) is 9.78 Å². The van der Waals surface area contributed by atoms with Crippen LogP contribution in [0.1, 0.15) is 28.8 Å². The highest BCUT2D eigenvalue weighted by molar-refractivity contribution is 7.93. The highest BCUT2D eigenvalue weighted by Crippen LogP contribution is 2.32. The van der Waals surface area contributed by atoms with E-state index >= 15 is 0 Å². The molecule has 2 aromatic heterocycles. The molecule has 5 aromatic rings. The minimum absolute atomic E-state index is 0.0305. The van der Waals surface area contributed by atoms with E-state index in [-0.39, 0.29) is 68.2 Å². The van der Waals surface area contributed by atoms with Gasteiger partial charge >= 0.3 is 17.3 Å². The van der Waals surface area contributed by atoms with Gasteiger partial charge in [0.15, 0.2) is 22.2 Å². The van der Waals surface area contributed by atoms with Crippen molar-refractivity contribution < 1.29 is 53.6 Å². The zero-order chi connectivity index (χ0) is 38.6. The van der Waals surface area contributed by atoms with Gasteiger partial charge in [0.2, 0.25) is 0 Å². The number of carbonyl (C=O) groups is 1. The Balaban J connectivity index is 1.36. The van der Waals surface area contributed by atoms with Crippen molar-refractivity contribution in [2.24, 2.45) is 0 Å². The quantitative estimate of drug-likeness (QED) is 0.0972. The van der Waals surface area contributed by atoms with Crippen LogP contribution >= 0.6 is 0 Å². The average molecular weight is 794 g/mol. The summed E-state index contributed by atoms with van der Waals surface area (Å²) in [5.74, 6) is -1.38. The lowest BCUT2D eigenvalue weighted by molar-refractivity contribution is -0.153. The normalized spacial score (nSPS) is 12.8. The molecule has 0 saturated carbocycles. The van der Waals surface area contributed by atoms with Crippen LogP contribution in [-0.4, -0.2) is 73.6 Å². The summed E-state index contributed by atoms with van der Waals surface area (Å²) < 4.78 is 122. The van der Waals surface area contributed by atoms with Crippen LogP contribution in [0, 0.1) is 13.8 Å². The van der Waals surface area contributed by atoms with Crippen LogP contribution in [0.2, 0.25) is 0 Å². The topological polar surface area (TPSA) is 167 Å². The van der Waals surface area contributed by atoms with Crippen molar-refractivity contribution in [3.8, 4) is 11.5 Å². The molecular formula is C35H34F3N3O9S3. The van der Waals surface area contributed by atoms with Crippen LogP contribution in [0.25, 0.3) is 11.0 Å². The van der Waals surface area contributed by atoms with E-state index < -0.39 is 61.3 Å². The third-order valence-corrected chi connectivity index (χ3v) is 12.7. The minimum atomic E-state index is -4.59. The summed E-state index contributed by atoms with van der Waals surface area (Å²) in [6, 6.07) is 17.7. The van der Waals surface area contributed by atoms with E-state index in [4.69, 9.17) is 14.2 Å². The highest BCUT2D eigenvalue weighted by Gasteiger charge is 2.33. The second kappa shape index (κ2) is 16.2. The van der Waals surface area contributed by atoms with Crippen LogP contribution in [0.15, 0.2) is 93.9 Å². The van der Waals surface area contributed by atoms with E-state index in [2.05, 4.69) is 9.97 Å². The van der Waals surface area contributed by atoms with Crippen molar-refractivity contribution >= 4 is 48.0 Å². The number of rotatable bonds is 15. The number of pyridine rings is 1. The molecule has 0 N–H and O–H groups in total. The number of ether oxygens (including phenoxy) is 3. The van der Waals surface area contributed by atoms with E-state index in [1.54, 1.807) is 24.3 Å². The Labute approximate surface area is 307 Å². The number of hydrogen-bond donors (Lipinski definition) is 0. The fourth-order valence-corrected chi connectivity index (χ4v) is 9.41. The van der Waals surface area contributed by atoms with Gasteiger partial charge in [-0.05, 0) is 74.4 Å². The van der Waals surface area contributed by atoms with Gasteiger partial charge in [-0.2, -0.15) is 22.1 Å². The third kappa shape index (κ3) is 9.48. The molecule has 1 atom stereocenters. The molecule has 0 aliphatic carbocycles. The lowest BCUT2D eigenvalue weighted by atomic mass is 10.1. The van der Waals surface area contributed by atoms with Crippen LogP contribution in [-0.2, 0) is 52.7 Å². The number of carbonyl (C=O) groups excluding carboxylic acids is 1. The van der Waals surface area contributed by atoms with Gasteiger partial charge in [-0.25, -0.2) is 16.8 Å². The molecular weight excluding hydrogens is 760 g/mol. The number of sulfone groups is 1. The fraction of sp³-hybridized carbons (Fsp3) is 0.286. The Morgan fingerprint density at radius 2 is 1.64 bits per heavy atom. The van der Waals surface area contributed by atoms with E-state index in [9.17, 15) is 39.4 Å². The summed E-state index contributed by atoms with van der Waals surface area (Å²) >= 11 is -2.18. The van der Waals surface area contributed by atoms with Crippen LogP contribution < -0.4 is 9.47 Å². The Hall–Kier alpha value is -4.65. The Morgan fingerprint density at radius 3 is 2.34 bits per heavy atom. The predicted octanol–water partition coefficient (Wildman–Crippen LogP) is 5.49. The first kappa shape index (κ1) is 39.6. The number of alkyl halides is 3. The van der Waals surface area contributed by atoms with Crippen molar-refractivity contribution in [2.75, 3.05) is 26.1 Å². The van der Waals surface area contributed by atoms with Crippen molar-refractivity contribution in [2.45, 2.75) is 53.6 Å². The Morgan fingerprint density at radius 1 is 0.943 bits per heavy atom. The van der Waals surface area contributed by atoms with E-state index in [0.717, 1.165) is 9.54 Å². The van der Waals surface area contributed by atoms with Gasteiger partial charge < -0.3 is 18.8 Å². The second-order valence-electron chi connectivity index (χ2n) is 11.8. The number of aromatic nitrogens is 3. The summed E-state index contributed by atoms with van der Waals surface area (Å²) in [5, 5.41) is -0.351. The van der Waals surface area contributed by atoms with Crippen molar-refractivity contribution in [1.82, 2.24) is 13.9 Å². The second-order valence-corrected chi connectivity index (χ2v) is 17.0. The summed E-state index contributed by atoms with van der Waals surface area (Å²) in [4.78, 5) is 21.0. The number of halogens is 3. The van der Waals surface area contributed by atoms with Gasteiger partial charge in [-0.15, -0.1) is 0 Å². The van der Waals surface area contributed by atoms with Crippen molar-refractivity contribution in [1.29, 1.82) is 0 Å². The van der Waals surface area contributed by atoms with Gasteiger partial charge in [0.25, 0.3) is 10.0 Å². The highest BCUT2D eigenvalue weighted by atomic mass is 32.2. The molecule has 1 unspecified atom stereocenters. The molecule has 0 aliphatic rings. The fourth-order valence-electron chi connectivity index (χ4n) is 5.22. The SMILES string of the molecule is COc1ccc(S(=O)(=O)n2c([S+]([O-])Cc3nccc(OCC(F)(F)F)c3C)nc3ccccc32)cc1CCC(=O)OCCS(=O)(=O)c1ccc(C)cc1. The molecule has 2 heterocycles. The number of methoxy groups -OCH3 is 1. The summed E-state index contributed by atoms with van der Waals surface area (Å²) in [7, 11) is -6.85. The standard InChI is InChI=1S/C35H34F3N3O9S3/c1-23-8-11-26(12-9-23)52(44,45)19-18-49-33(42)15-10-25-20-27(13-14-32(25)48-3)53(46,47)41-30-7-5-4-6-28(30)40-34(41)51(43)21-29-24(2)31(16-17-39-29)50-22-35(36,37)38/h4-9,11-14,16-17,20H,10,15,18-19,21-22H2,1-3H3. The molecule has 0 fully saturated rings. The summed E-state index contributed by atoms with van der Waals surface area (Å²) in [6.07, 6.45) is -3.65. The van der Waals surface area contributed by atoms with E-state index in [1.165, 1.54) is 68.8 Å². The number of para-hydroxylation sites is 2. The van der Waals surface area contributed by atoms with Crippen LogP contribution in [0.5, 0.6) is 11.5 Å². The van der Waals surface area contributed by atoms with E-state index in [0.29, 0.717) is 5.56 Å². The number of hydrogen-bond acceptors (Lipinski definition) is 11. The van der Waals surface area contributed by atoms with Crippen molar-refractivity contribution in [3.63, 3.8) is 0 Å². The average Bonchev–Trinajstić information content (AvgIpc) is 3.52. The number of nitrogens with zero attached hydrogens (tertiary/aromatic N) is 3. The van der Waals surface area contributed by atoms with Gasteiger partial charge in [-0.1, -0.05) is 29.8 Å². The van der Waals surface area contributed by atoms with E-state index in [1.807, 2.05) is 6.92 Å². The molecule has 0 saturated heterocycles. The minimum Gasteiger partial charge on any atom is -0.609 e. The van der Waals surface area contributed by atoms with Crippen molar-refractivity contribution in [3.05, 3.63) is 101 Å².